The van der Waals surface area contributed by atoms with Gasteiger partial charge in [0, 0.05) is 13.1 Å². The van der Waals surface area contributed by atoms with Gasteiger partial charge in [-0.1, -0.05) is 18.2 Å². The number of aliphatic carboxylic acids is 1. The van der Waals surface area contributed by atoms with E-state index in [-0.39, 0.29) is 12.6 Å². The van der Waals surface area contributed by atoms with Crippen LogP contribution in [0.4, 0.5) is 10.6 Å². The number of carboxylic acid groups (broad SMARTS) is 1. The summed E-state index contributed by atoms with van der Waals surface area (Å²) in [6.45, 7) is 2.29. The summed E-state index contributed by atoms with van der Waals surface area (Å²) in [7, 11) is 0. The van der Waals surface area contributed by atoms with Crippen molar-refractivity contribution in [3.8, 4) is 5.69 Å². The Kier molecular flexibility index (Phi) is 4.71. The third-order valence-electron chi connectivity index (χ3n) is 4.46. The van der Waals surface area contributed by atoms with Crippen LogP contribution in [0.1, 0.15) is 13.3 Å². The van der Waals surface area contributed by atoms with Crippen molar-refractivity contribution >= 4 is 29.6 Å². The molecule has 0 aliphatic carbocycles. The number of benzene rings is 1. The predicted molar refractivity (Wildman–Crippen MR) is 96.3 cm³/mol. The molecule has 0 radical (unpaired) electrons. The maximum Gasteiger partial charge on any atom is 0.323 e. The van der Waals surface area contributed by atoms with Crippen molar-refractivity contribution in [1.29, 1.82) is 0 Å². The average molecular weight is 360 g/mol. The zero-order valence-corrected chi connectivity index (χ0v) is 14.9. The number of thioether (sulfide) groups is 1. The van der Waals surface area contributed by atoms with Crippen molar-refractivity contribution in [1.82, 2.24) is 14.7 Å². The Bertz CT molecular complexity index is 792. The lowest BCUT2D eigenvalue weighted by Crippen LogP contribution is -2.37. The van der Waals surface area contributed by atoms with Crippen molar-refractivity contribution in [2.24, 2.45) is 5.41 Å². The van der Waals surface area contributed by atoms with Crippen molar-refractivity contribution in [2.75, 3.05) is 24.7 Å². The van der Waals surface area contributed by atoms with Gasteiger partial charge in [0.25, 0.3) is 0 Å². The number of nitrogens with one attached hydrogen (secondary N) is 1. The molecule has 0 saturated carbocycles. The normalized spacial score (nSPS) is 19.8. The SMILES string of the molecule is CSc1cnn(-c2ccccc2)c1NC(=O)N1CCC(C)(C(=O)O)C1. The topological polar surface area (TPSA) is 87.5 Å². The maximum atomic E-state index is 12.6. The lowest BCUT2D eigenvalue weighted by Gasteiger charge is -2.21. The Labute approximate surface area is 150 Å². The Morgan fingerprint density at radius 3 is 2.64 bits per heavy atom. The van der Waals surface area contributed by atoms with Gasteiger partial charge in [0.1, 0.15) is 0 Å². The highest BCUT2D eigenvalue weighted by Gasteiger charge is 2.42. The molecule has 2 N–H and O–H groups in total. The van der Waals surface area contributed by atoms with Gasteiger partial charge in [-0.3, -0.25) is 10.1 Å². The molecule has 2 amide bonds. The number of hydrogen-bond acceptors (Lipinski definition) is 4. The molecule has 2 heterocycles. The minimum absolute atomic E-state index is 0.197. The molecule has 132 valence electrons. The molecule has 1 aliphatic heterocycles. The summed E-state index contributed by atoms with van der Waals surface area (Å²) in [5.41, 5.74) is -0.0470. The smallest absolute Gasteiger partial charge is 0.323 e. The Balaban J connectivity index is 1.82. The van der Waals surface area contributed by atoms with Crippen LogP contribution >= 0.6 is 11.8 Å². The van der Waals surface area contributed by atoms with Crippen LogP contribution < -0.4 is 5.32 Å². The van der Waals surface area contributed by atoms with Gasteiger partial charge in [-0.25, -0.2) is 9.48 Å². The van der Waals surface area contributed by atoms with E-state index in [1.807, 2.05) is 36.6 Å². The Hall–Kier alpha value is -2.48. The number of rotatable bonds is 4. The van der Waals surface area contributed by atoms with E-state index in [9.17, 15) is 14.7 Å². The van der Waals surface area contributed by atoms with E-state index in [1.54, 1.807) is 22.7 Å². The number of carbonyl (C=O) groups is 2. The summed E-state index contributed by atoms with van der Waals surface area (Å²) in [6, 6.07) is 9.23. The fourth-order valence-electron chi connectivity index (χ4n) is 2.85. The molecule has 1 aliphatic rings. The molecule has 1 atom stereocenters. The largest absolute Gasteiger partial charge is 0.481 e. The fourth-order valence-corrected chi connectivity index (χ4v) is 3.34. The maximum absolute atomic E-state index is 12.6. The lowest BCUT2D eigenvalue weighted by atomic mass is 9.90. The average Bonchev–Trinajstić information content (AvgIpc) is 3.20. The molecule has 0 spiro atoms. The number of para-hydroxylation sites is 1. The summed E-state index contributed by atoms with van der Waals surface area (Å²) < 4.78 is 1.68. The summed E-state index contributed by atoms with van der Waals surface area (Å²) in [6.07, 6.45) is 4.07. The van der Waals surface area contributed by atoms with Gasteiger partial charge in [0.2, 0.25) is 0 Å². The first kappa shape index (κ1) is 17.3. The first-order valence-electron chi connectivity index (χ1n) is 7.91. The number of carbonyl (C=O) groups excluding carboxylic acids is 1. The zero-order valence-electron chi connectivity index (χ0n) is 14.1. The minimum Gasteiger partial charge on any atom is -0.481 e. The fraction of sp³-hybridized carbons (Fsp3) is 0.353. The van der Waals surface area contributed by atoms with Gasteiger partial charge in [-0.15, -0.1) is 11.8 Å². The highest BCUT2D eigenvalue weighted by Crippen LogP contribution is 2.32. The second-order valence-electron chi connectivity index (χ2n) is 6.28. The highest BCUT2D eigenvalue weighted by atomic mass is 32.2. The molecular formula is C17H20N4O3S. The van der Waals surface area contributed by atoms with Gasteiger partial charge in [-0.2, -0.15) is 5.10 Å². The first-order chi connectivity index (χ1) is 11.9. The van der Waals surface area contributed by atoms with Gasteiger partial charge in [0.15, 0.2) is 5.82 Å². The molecule has 0 bridgehead atoms. The number of anilines is 1. The van der Waals surface area contributed by atoms with Crippen LogP contribution in [0.5, 0.6) is 0 Å². The van der Waals surface area contributed by atoms with Crippen LogP contribution in [0.25, 0.3) is 5.69 Å². The van der Waals surface area contributed by atoms with E-state index in [0.717, 1.165) is 10.6 Å². The second-order valence-corrected chi connectivity index (χ2v) is 7.12. The molecule has 8 heteroatoms. The van der Waals surface area contributed by atoms with Gasteiger partial charge in [0.05, 0.1) is 22.2 Å². The van der Waals surface area contributed by atoms with Crippen molar-refractivity contribution < 1.29 is 14.7 Å². The molecule has 1 saturated heterocycles. The number of nitrogens with zero attached hydrogens (tertiary/aromatic N) is 3. The molecule has 7 nitrogen and oxygen atoms in total. The van der Waals surface area contributed by atoms with E-state index < -0.39 is 11.4 Å². The van der Waals surface area contributed by atoms with Crippen molar-refractivity contribution in [3.05, 3.63) is 36.5 Å². The number of likely N-dealkylation sites (tertiary alicyclic amines) is 1. The van der Waals surface area contributed by atoms with E-state index in [1.165, 1.54) is 11.8 Å². The monoisotopic (exact) mass is 360 g/mol. The molecule has 2 aromatic rings. The molecule has 3 rings (SSSR count). The molecule has 1 fully saturated rings. The standard InChI is InChI=1S/C17H20N4O3S/c1-17(15(22)23)8-9-20(11-17)16(24)19-14-13(25-2)10-18-21(14)12-6-4-3-5-7-12/h3-7,10H,8-9,11H2,1-2H3,(H,19,24)(H,22,23). The Morgan fingerprint density at radius 2 is 2.04 bits per heavy atom. The summed E-state index contributed by atoms with van der Waals surface area (Å²) in [4.78, 5) is 26.4. The number of amides is 2. The van der Waals surface area contributed by atoms with E-state index in [2.05, 4.69) is 10.4 Å². The molecule has 25 heavy (non-hydrogen) atoms. The molecular weight excluding hydrogens is 340 g/mol. The zero-order chi connectivity index (χ0) is 18.0. The molecule has 1 aromatic heterocycles. The number of urea groups is 1. The lowest BCUT2D eigenvalue weighted by molar-refractivity contribution is -0.146. The second kappa shape index (κ2) is 6.79. The van der Waals surface area contributed by atoms with Crippen molar-refractivity contribution in [2.45, 2.75) is 18.2 Å². The third kappa shape index (κ3) is 3.34. The van der Waals surface area contributed by atoms with Crippen molar-refractivity contribution in [3.63, 3.8) is 0 Å². The molecule has 1 aromatic carbocycles. The summed E-state index contributed by atoms with van der Waals surface area (Å²) in [5.74, 6) is -0.283. The highest BCUT2D eigenvalue weighted by molar-refractivity contribution is 7.98. The van der Waals surface area contributed by atoms with Crippen LogP contribution in [0, 0.1) is 5.41 Å². The molecule has 1 unspecified atom stereocenters. The quantitative estimate of drug-likeness (QED) is 0.819. The number of aromatic nitrogens is 2. The van der Waals surface area contributed by atoms with Crippen LogP contribution in [0.2, 0.25) is 0 Å². The van der Waals surface area contributed by atoms with Crippen LogP contribution in [-0.4, -0.2) is 51.1 Å². The Morgan fingerprint density at radius 1 is 1.32 bits per heavy atom. The van der Waals surface area contributed by atoms with Gasteiger partial charge < -0.3 is 10.0 Å². The van der Waals surface area contributed by atoms with E-state index in [0.29, 0.717) is 18.8 Å². The first-order valence-corrected chi connectivity index (χ1v) is 9.14. The van der Waals surface area contributed by atoms with E-state index in [4.69, 9.17) is 0 Å². The van der Waals surface area contributed by atoms with Gasteiger partial charge >= 0.3 is 12.0 Å². The van der Waals surface area contributed by atoms with Gasteiger partial charge in [-0.05, 0) is 31.7 Å². The predicted octanol–water partition coefficient (Wildman–Crippen LogP) is 2.92. The number of carboxylic acids is 1. The van der Waals surface area contributed by atoms with Crippen LogP contribution in [-0.2, 0) is 4.79 Å². The van der Waals surface area contributed by atoms with Crippen LogP contribution in [0.15, 0.2) is 41.4 Å². The summed E-state index contributed by atoms with van der Waals surface area (Å²) >= 11 is 1.49. The minimum atomic E-state index is -0.890. The third-order valence-corrected chi connectivity index (χ3v) is 5.20. The summed E-state index contributed by atoms with van der Waals surface area (Å²) in [5, 5.41) is 16.6. The number of hydrogen-bond donors (Lipinski definition) is 2. The van der Waals surface area contributed by atoms with E-state index >= 15 is 0 Å². The van der Waals surface area contributed by atoms with Crippen LogP contribution in [0.3, 0.4) is 0 Å².